The lowest BCUT2D eigenvalue weighted by Crippen LogP contribution is -2.42. The molecule has 3 aromatic heterocycles. The Morgan fingerprint density at radius 1 is 1.00 bits per heavy atom. The van der Waals surface area contributed by atoms with Gasteiger partial charge in [-0.2, -0.15) is 16.4 Å². The minimum absolute atomic E-state index is 0.00254. The van der Waals surface area contributed by atoms with Crippen LogP contribution in [0.25, 0.3) is 21.3 Å². The molecular weight excluding hydrogens is 386 g/mol. The minimum Gasteiger partial charge on any atom is -0.267 e. The van der Waals surface area contributed by atoms with Crippen molar-refractivity contribution in [3.8, 4) is 10.6 Å². The van der Waals surface area contributed by atoms with Crippen LogP contribution in [-0.2, 0) is 0 Å². The monoisotopic (exact) mass is 397 g/mol. The molecule has 0 spiro atoms. The number of benzene rings is 1. The van der Waals surface area contributed by atoms with Crippen molar-refractivity contribution in [2.75, 3.05) is 0 Å². The number of hydrazine groups is 1. The summed E-state index contributed by atoms with van der Waals surface area (Å²) in [5.74, 6) is -1.20. The van der Waals surface area contributed by atoms with E-state index in [4.69, 9.17) is 0 Å². The lowest BCUT2D eigenvalue weighted by Gasteiger charge is -2.07. The van der Waals surface area contributed by atoms with Gasteiger partial charge in [0.25, 0.3) is 17.4 Å². The number of thiophene rings is 1. The molecule has 0 aliphatic heterocycles. The van der Waals surface area contributed by atoms with E-state index in [2.05, 4.69) is 26.0 Å². The number of rotatable bonds is 3. The van der Waals surface area contributed by atoms with Crippen molar-refractivity contribution in [2.45, 2.75) is 0 Å². The molecule has 0 aliphatic carbocycles. The van der Waals surface area contributed by atoms with Gasteiger partial charge >= 0.3 is 0 Å². The number of carbonyl (C=O) groups is 2. The smallest absolute Gasteiger partial charge is 0.267 e. The van der Waals surface area contributed by atoms with Crippen LogP contribution in [-0.4, -0.2) is 27.0 Å². The number of amides is 2. The zero-order valence-corrected chi connectivity index (χ0v) is 15.2. The molecule has 134 valence electrons. The number of nitrogens with one attached hydrogen (secondary N) is 3. The van der Waals surface area contributed by atoms with Gasteiger partial charge in [0.1, 0.15) is 10.7 Å². The molecule has 0 aliphatic rings. The molecular formula is C17H11N5O3S2. The first-order valence-electron chi connectivity index (χ1n) is 7.69. The van der Waals surface area contributed by atoms with Crippen LogP contribution in [0, 0.1) is 0 Å². The highest BCUT2D eigenvalue weighted by Gasteiger charge is 2.16. The summed E-state index contributed by atoms with van der Waals surface area (Å²) in [6.07, 6.45) is 0. The molecule has 0 atom stereocenters. The summed E-state index contributed by atoms with van der Waals surface area (Å²) >= 11 is 2.88. The Morgan fingerprint density at radius 2 is 1.78 bits per heavy atom. The average molecular weight is 397 g/mol. The van der Waals surface area contributed by atoms with E-state index in [1.807, 2.05) is 16.8 Å². The van der Waals surface area contributed by atoms with Crippen molar-refractivity contribution in [2.24, 2.45) is 0 Å². The van der Waals surface area contributed by atoms with E-state index in [1.165, 1.54) is 11.3 Å². The topological polar surface area (TPSA) is 117 Å². The molecule has 3 N–H and O–H groups in total. The van der Waals surface area contributed by atoms with Gasteiger partial charge in [-0.1, -0.05) is 18.2 Å². The largest absolute Gasteiger partial charge is 0.290 e. The van der Waals surface area contributed by atoms with E-state index >= 15 is 0 Å². The van der Waals surface area contributed by atoms with Crippen molar-refractivity contribution in [3.63, 3.8) is 0 Å². The molecule has 2 amide bonds. The van der Waals surface area contributed by atoms with E-state index in [9.17, 15) is 14.4 Å². The van der Waals surface area contributed by atoms with Crippen LogP contribution >= 0.6 is 22.7 Å². The van der Waals surface area contributed by atoms with Crippen molar-refractivity contribution in [1.29, 1.82) is 0 Å². The summed E-state index contributed by atoms with van der Waals surface area (Å²) < 4.78 is 0. The third kappa shape index (κ3) is 3.35. The number of aromatic amines is 1. The Hall–Kier alpha value is -3.37. The predicted octanol–water partition coefficient (Wildman–Crippen LogP) is 2.18. The lowest BCUT2D eigenvalue weighted by atomic mass is 10.1. The summed E-state index contributed by atoms with van der Waals surface area (Å²) in [7, 11) is 0. The highest BCUT2D eigenvalue weighted by atomic mass is 32.1. The summed E-state index contributed by atoms with van der Waals surface area (Å²) in [5.41, 5.74) is 5.35. The Balaban J connectivity index is 1.49. The van der Waals surface area contributed by atoms with Gasteiger partial charge < -0.3 is 0 Å². The molecule has 8 nitrogen and oxygen atoms in total. The van der Waals surface area contributed by atoms with Gasteiger partial charge in [-0.15, -0.1) is 11.3 Å². The summed E-state index contributed by atoms with van der Waals surface area (Å²) in [6.45, 7) is 0. The summed E-state index contributed by atoms with van der Waals surface area (Å²) in [6, 6.07) is 8.50. The molecule has 4 aromatic rings. The maximum atomic E-state index is 12.4. The van der Waals surface area contributed by atoms with Gasteiger partial charge in [-0.3, -0.25) is 25.2 Å². The van der Waals surface area contributed by atoms with Crippen LogP contribution in [0.1, 0.15) is 21.0 Å². The molecule has 27 heavy (non-hydrogen) atoms. The molecule has 0 saturated carbocycles. The van der Waals surface area contributed by atoms with Gasteiger partial charge in [0.2, 0.25) is 0 Å². The van der Waals surface area contributed by atoms with E-state index in [0.29, 0.717) is 10.8 Å². The number of nitrogens with zero attached hydrogens (tertiary/aromatic N) is 2. The fraction of sp³-hybridized carbons (Fsp3) is 0. The molecule has 0 saturated heterocycles. The maximum Gasteiger partial charge on any atom is 0.290 e. The van der Waals surface area contributed by atoms with E-state index in [1.54, 1.807) is 41.0 Å². The number of hydrogen-bond donors (Lipinski definition) is 3. The second-order valence-corrected chi connectivity index (χ2v) is 7.04. The average Bonchev–Trinajstić information content (AvgIpc) is 3.38. The van der Waals surface area contributed by atoms with Crippen LogP contribution in [0.15, 0.2) is 51.3 Å². The zero-order chi connectivity index (χ0) is 18.8. The Bertz CT molecular complexity index is 1200. The fourth-order valence-electron chi connectivity index (χ4n) is 2.42. The fourth-order valence-corrected chi connectivity index (χ4v) is 3.93. The maximum absolute atomic E-state index is 12.4. The van der Waals surface area contributed by atoms with Crippen LogP contribution < -0.4 is 16.4 Å². The minimum atomic E-state index is -0.649. The lowest BCUT2D eigenvalue weighted by molar-refractivity contribution is 0.0842. The molecule has 10 heteroatoms. The van der Waals surface area contributed by atoms with Gasteiger partial charge in [0.15, 0.2) is 5.69 Å². The van der Waals surface area contributed by atoms with E-state index in [0.717, 1.165) is 10.6 Å². The van der Waals surface area contributed by atoms with Crippen molar-refractivity contribution >= 4 is 45.3 Å². The number of hydrogen-bond acceptors (Lipinski definition) is 7. The first kappa shape index (κ1) is 17.1. The van der Waals surface area contributed by atoms with Crippen LogP contribution in [0.3, 0.4) is 0 Å². The molecule has 0 fully saturated rings. The third-order valence-corrected chi connectivity index (χ3v) is 5.28. The normalized spacial score (nSPS) is 10.7. The molecule has 0 unspecified atom stereocenters. The van der Waals surface area contributed by atoms with Crippen molar-refractivity contribution in [3.05, 3.63) is 68.2 Å². The number of thiazole rings is 1. The van der Waals surface area contributed by atoms with Gasteiger partial charge in [0.05, 0.1) is 5.39 Å². The molecule has 0 bridgehead atoms. The molecule has 3 heterocycles. The highest BCUT2D eigenvalue weighted by Crippen LogP contribution is 2.25. The number of carbonyl (C=O) groups excluding carboxylic acids is 2. The van der Waals surface area contributed by atoms with Gasteiger partial charge in [-0.05, 0) is 17.5 Å². The Morgan fingerprint density at radius 3 is 2.56 bits per heavy atom. The highest BCUT2D eigenvalue weighted by molar-refractivity contribution is 7.14. The van der Waals surface area contributed by atoms with E-state index < -0.39 is 17.4 Å². The standard InChI is InChI=1S/C17H11N5O3S2/c23-14-11-4-2-1-3-10(11)13(19-20-14)16(25)22-21-15(24)12-8-27-17(18-12)9-5-6-26-7-9/h1-8H,(H,20,23)(H,21,24)(H,22,25). The van der Waals surface area contributed by atoms with Gasteiger partial charge in [0, 0.05) is 21.7 Å². The second kappa shape index (κ2) is 7.09. The zero-order valence-electron chi connectivity index (χ0n) is 13.6. The number of H-pyrrole nitrogens is 1. The Labute approximate surface area is 159 Å². The molecule has 1 aromatic carbocycles. The SMILES string of the molecule is O=C(NNC(=O)c1n[nH]c(=O)c2ccccc12)c1csc(-c2ccsc2)n1. The summed E-state index contributed by atoms with van der Waals surface area (Å²) in [5, 5.41) is 13.0. The van der Waals surface area contributed by atoms with Crippen molar-refractivity contribution < 1.29 is 9.59 Å². The van der Waals surface area contributed by atoms with Crippen LogP contribution in [0.2, 0.25) is 0 Å². The van der Waals surface area contributed by atoms with Crippen molar-refractivity contribution in [1.82, 2.24) is 26.0 Å². The van der Waals surface area contributed by atoms with E-state index in [-0.39, 0.29) is 11.4 Å². The predicted molar refractivity (Wildman–Crippen MR) is 103 cm³/mol. The van der Waals surface area contributed by atoms with Crippen LogP contribution in [0.5, 0.6) is 0 Å². The molecule has 4 rings (SSSR count). The number of aromatic nitrogens is 3. The third-order valence-electron chi connectivity index (χ3n) is 3.71. The first-order valence-corrected chi connectivity index (χ1v) is 9.52. The Kier molecular flexibility index (Phi) is 4.48. The second-order valence-electron chi connectivity index (χ2n) is 5.41. The first-order chi connectivity index (χ1) is 13.1. The van der Waals surface area contributed by atoms with Gasteiger partial charge in [-0.25, -0.2) is 10.1 Å². The molecule has 0 radical (unpaired) electrons. The summed E-state index contributed by atoms with van der Waals surface area (Å²) in [4.78, 5) is 40.6. The quantitative estimate of drug-likeness (QED) is 0.458. The van der Waals surface area contributed by atoms with Crippen LogP contribution in [0.4, 0.5) is 0 Å². The number of fused-ring (bicyclic) bond motifs is 1.